The highest BCUT2D eigenvalue weighted by Crippen LogP contribution is 2.35. The molecule has 150 valence electrons. The third-order valence-corrected chi connectivity index (χ3v) is 6.41. The van der Waals surface area contributed by atoms with E-state index in [1.807, 2.05) is 0 Å². The molecule has 3 aliphatic rings. The first-order valence-corrected chi connectivity index (χ1v) is 11.1. The van der Waals surface area contributed by atoms with Crippen LogP contribution in [-0.4, -0.2) is 44.9 Å². The van der Waals surface area contributed by atoms with Crippen LogP contribution in [0.25, 0.3) is 0 Å². The Balaban J connectivity index is 1.61. The largest absolute Gasteiger partial charge is 0.385 e. The molecule has 1 aromatic rings. The van der Waals surface area contributed by atoms with Crippen molar-refractivity contribution < 1.29 is 4.74 Å². The van der Waals surface area contributed by atoms with E-state index in [1.165, 1.54) is 67.6 Å². The van der Waals surface area contributed by atoms with Crippen LogP contribution in [-0.2, 0) is 11.2 Å². The van der Waals surface area contributed by atoms with Gasteiger partial charge in [-0.3, -0.25) is 0 Å². The molecule has 0 bridgehead atoms. The number of benzene rings is 1. The van der Waals surface area contributed by atoms with Crippen LogP contribution in [0.4, 0.5) is 17.1 Å². The number of rotatable bonds is 3. The Labute approximate surface area is 164 Å². The zero-order valence-electron chi connectivity index (χ0n) is 16.6. The fourth-order valence-electron chi connectivity index (χ4n) is 4.70. The van der Waals surface area contributed by atoms with Crippen molar-refractivity contribution >= 4 is 17.1 Å². The maximum Gasteiger partial charge on any atom is 0.0642 e. The Morgan fingerprint density at radius 2 is 1.78 bits per heavy atom. The minimum Gasteiger partial charge on any atom is -0.385 e. The lowest BCUT2D eigenvalue weighted by Crippen LogP contribution is -2.36. The van der Waals surface area contributed by atoms with Crippen molar-refractivity contribution in [1.29, 1.82) is 0 Å². The summed E-state index contributed by atoms with van der Waals surface area (Å²) in [5.41, 5.74) is 11.6. The van der Waals surface area contributed by atoms with E-state index < -0.39 is 0 Å². The minimum atomic E-state index is 0.397. The molecule has 27 heavy (non-hydrogen) atoms. The Morgan fingerprint density at radius 1 is 1.00 bits per heavy atom. The van der Waals surface area contributed by atoms with Gasteiger partial charge in [0, 0.05) is 48.8 Å². The molecule has 1 aromatic carbocycles. The van der Waals surface area contributed by atoms with Gasteiger partial charge in [-0.25, -0.2) is 0 Å². The smallest absolute Gasteiger partial charge is 0.0642 e. The SMILES string of the molecule is NC1CCC(Nc2cc(N3CCOCC3)cc3c2CCCCCCN3)CC1. The van der Waals surface area contributed by atoms with Crippen molar-refractivity contribution in [2.45, 2.75) is 69.9 Å². The number of fused-ring (bicyclic) bond motifs is 1. The summed E-state index contributed by atoms with van der Waals surface area (Å²) < 4.78 is 5.56. The third kappa shape index (κ3) is 4.88. The van der Waals surface area contributed by atoms with Gasteiger partial charge in [0.25, 0.3) is 0 Å². The second-order valence-electron chi connectivity index (χ2n) is 8.47. The van der Waals surface area contributed by atoms with Crippen LogP contribution in [0.15, 0.2) is 12.1 Å². The zero-order chi connectivity index (χ0) is 18.5. The molecule has 0 amide bonds. The highest BCUT2D eigenvalue weighted by Gasteiger charge is 2.22. The minimum absolute atomic E-state index is 0.397. The lowest BCUT2D eigenvalue weighted by atomic mass is 9.91. The lowest BCUT2D eigenvalue weighted by molar-refractivity contribution is 0.122. The number of ether oxygens (including phenoxy) is 1. The van der Waals surface area contributed by atoms with Gasteiger partial charge in [-0.1, -0.05) is 12.8 Å². The molecular formula is C22H36N4O. The molecule has 0 atom stereocenters. The molecule has 0 spiro atoms. The number of morpholine rings is 1. The molecule has 1 saturated carbocycles. The fraction of sp³-hybridized carbons (Fsp3) is 0.727. The molecule has 2 fully saturated rings. The van der Waals surface area contributed by atoms with Crippen LogP contribution in [0, 0.1) is 0 Å². The van der Waals surface area contributed by atoms with Gasteiger partial charge in [-0.05, 0) is 62.6 Å². The monoisotopic (exact) mass is 372 g/mol. The van der Waals surface area contributed by atoms with Crippen LogP contribution in [0.3, 0.4) is 0 Å². The first kappa shape index (κ1) is 18.9. The summed E-state index contributed by atoms with van der Waals surface area (Å²) >= 11 is 0. The maximum atomic E-state index is 6.12. The van der Waals surface area contributed by atoms with Crippen molar-refractivity contribution in [3.8, 4) is 0 Å². The molecule has 0 aromatic heterocycles. The number of anilines is 3. The van der Waals surface area contributed by atoms with Crippen LogP contribution >= 0.6 is 0 Å². The van der Waals surface area contributed by atoms with E-state index in [0.717, 1.165) is 45.7 Å². The standard InChI is InChI=1S/C22H36N4O/c23-17-6-8-18(9-7-17)25-22-16-19(26-11-13-27-14-12-26)15-21-20(22)5-3-1-2-4-10-24-21/h15-18,24-25H,1-14,23H2. The second-order valence-corrected chi connectivity index (χ2v) is 8.47. The summed E-state index contributed by atoms with van der Waals surface area (Å²) in [6.07, 6.45) is 11.0. The molecular weight excluding hydrogens is 336 g/mol. The van der Waals surface area contributed by atoms with Gasteiger partial charge in [0.05, 0.1) is 13.2 Å². The number of nitrogens with one attached hydrogen (secondary N) is 2. The van der Waals surface area contributed by atoms with Crippen LogP contribution in [0.5, 0.6) is 0 Å². The topological polar surface area (TPSA) is 62.5 Å². The molecule has 4 N–H and O–H groups in total. The summed E-state index contributed by atoms with van der Waals surface area (Å²) in [5.74, 6) is 0. The van der Waals surface area contributed by atoms with E-state index in [2.05, 4.69) is 27.7 Å². The quantitative estimate of drug-likeness (QED) is 0.754. The Hall–Kier alpha value is -1.46. The molecule has 2 heterocycles. The fourth-order valence-corrected chi connectivity index (χ4v) is 4.70. The summed E-state index contributed by atoms with van der Waals surface area (Å²) in [6, 6.07) is 5.74. The van der Waals surface area contributed by atoms with E-state index in [9.17, 15) is 0 Å². The summed E-state index contributed by atoms with van der Waals surface area (Å²) in [6.45, 7) is 4.70. The van der Waals surface area contributed by atoms with Gasteiger partial charge in [0.2, 0.25) is 0 Å². The number of nitrogens with two attached hydrogens (primary N) is 1. The van der Waals surface area contributed by atoms with Gasteiger partial charge in [0.1, 0.15) is 0 Å². The van der Waals surface area contributed by atoms with Crippen molar-refractivity contribution in [2.24, 2.45) is 5.73 Å². The normalized spacial score (nSPS) is 26.9. The van der Waals surface area contributed by atoms with Crippen molar-refractivity contribution in [3.05, 3.63) is 17.7 Å². The van der Waals surface area contributed by atoms with Gasteiger partial charge >= 0.3 is 0 Å². The van der Waals surface area contributed by atoms with E-state index >= 15 is 0 Å². The average Bonchev–Trinajstić information content (AvgIpc) is 2.82. The zero-order valence-corrected chi connectivity index (χ0v) is 16.6. The molecule has 2 aliphatic heterocycles. The van der Waals surface area contributed by atoms with Crippen molar-refractivity contribution in [3.63, 3.8) is 0 Å². The number of hydrogen-bond acceptors (Lipinski definition) is 5. The molecule has 0 unspecified atom stereocenters. The highest BCUT2D eigenvalue weighted by molar-refractivity contribution is 5.74. The van der Waals surface area contributed by atoms with E-state index in [1.54, 1.807) is 0 Å². The first-order valence-electron chi connectivity index (χ1n) is 11.1. The summed E-state index contributed by atoms with van der Waals surface area (Å²) in [5, 5.41) is 7.68. The lowest BCUT2D eigenvalue weighted by Gasteiger charge is -2.32. The Kier molecular flexibility index (Phi) is 6.40. The molecule has 1 saturated heterocycles. The van der Waals surface area contributed by atoms with Crippen LogP contribution < -0.4 is 21.3 Å². The third-order valence-electron chi connectivity index (χ3n) is 6.41. The maximum absolute atomic E-state index is 6.12. The van der Waals surface area contributed by atoms with Gasteiger partial charge in [0.15, 0.2) is 0 Å². The summed E-state index contributed by atoms with van der Waals surface area (Å²) in [7, 11) is 0. The summed E-state index contributed by atoms with van der Waals surface area (Å²) in [4.78, 5) is 2.47. The van der Waals surface area contributed by atoms with Gasteiger partial charge in [-0.15, -0.1) is 0 Å². The second kappa shape index (κ2) is 9.16. The Morgan fingerprint density at radius 3 is 2.59 bits per heavy atom. The van der Waals surface area contributed by atoms with Gasteiger partial charge in [-0.2, -0.15) is 0 Å². The molecule has 5 nitrogen and oxygen atoms in total. The number of hydrogen-bond donors (Lipinski definition) is 3. The molecule has 5 heteroatoms. The van der Waals surface area contributed by atoms with E-state index in [0.29, 0.717) is 12.1 Å². The molecule has 4 rings (SSSR count). The Bertz CT molecular complexity index is 607. The predicted octanol–water partition coefficient (Wildman–Crippen LogP) is 3.73. The molecule has 0 radical (unpaired) electrons. The van der Waals surface area contributed by atoms with E-state index in [-0.39, 0.29) is 0 Å². The first-order chi connectivity index (χ1) is 13.3. The van der Waals surface area contributed by atoms with Gasteiger partial charge < -0.3 is 26.0 Å². The predicted molar refractivity (Wildman–Crippen MR) is 114 cm³/mol. The highest BCUT2D eigenvalue weighted by atomic mass is 16.5. The van der Waals surface area contributed by atoms with E-state index in [4.69, 9.17) is 10.5 Å². The average molecular weight is 373 g/mol. The van der Waals surface area contributed by atoms with Crippen LogP contribution in [0.1, 0.15) is 56.9 Å². The molecule has 1 aliphatic carbocycles. The van der Waals surface area contributed by atoms with Crippen molar-refractivity contribution in [2.75, 3.05) is 48.4 Å². The number of nitrogens with zero attached hydrogens (tertiary/aromatic N) is 1. The van der Waals surface area contributed by atoms with Crippen LogP contribution in [0.2, 0.25) is 0 Å². The van der Waals surface area contributed by atoms with Crippen molar-refractivity contribution in [1.82, 2.24) is 0 Å².